The van der Waals surface area contributed by atoms with Gasteiger partial charge in [-0.2, -0.15) is 0 Å². The lowest BCUT2D eigenvalue weighted by Crippen LogP contribution is -2.18. The van der Waals surface area contributed by atoms with Crippen LogP contribution in [-0.2, 0) is 0 Å². The van der Waals surface area contributed by atoms with Gasteiger partial charge < -0.3 is 9.31 Å². The molecule has 0 aliphatic carbocycles. The Morgan fingerprint density at radius 3 is 2.73 bits per heavy atom. The zero-order chi connectivity index (χ0) is 7.84. The van der Waals surface area contributed by atoms with E-state index < -0.39 is 0 Å². The van der Waals surface area contributed by atoms with E-state index >= 15 is 0 Å². The first-order chi connectivity index (χ1) is 5.25. The van der Waals surface area contributed by atoms with Crippen molar-refractivity contribution in [2.24, 2.45) is 0 Å². The summed E-state index contributed by atoms with van der Waals surface area (Å²) in [7, 11) is -0.133. The van der Waals surface area contributed by atoms with Crippen LogP contribution in [0.25, 0.3) is 0 Å². The average Bonchev–Trinajstić information content (AvgIpc) is 2.27. The summed E-state index contributed by atoms with van der Waals surface area (Å²) < 4.78 is 10.7. The van der Waals surface area contributed by atoms with Crippen molar-refractivity contribution in [1.82, 2.24) is 0 Å². The monoisotopic (exact) mass is 148 g/mol. The Balaban J connectivity index is 2.43. The summed E-state index contributed by atoms with van der Waals surface area (Å²) >= 11 is 0. The first kappa shape index (κ1) is 6.59. The minimum atomic E-state index is -0.133. The zero-order valence-corrected chi connectivity index (χ0v) is 6.63. The molecule has 0 saturated carbocycles. The Labute approximate surface area is 66.3 Å². The number of benzene rings is 1. The first-order valence-corrected chi connectivity index (χ1v) is 3.70. The van der Waals surface area contributed by atoms with Crippen LogP contribution in [0.1, 0.15) is 5.56 Å². The van der Waals surface area contributed by atoms with E-state index in [1.165, 1.54) is 5.56 Å². The fourth-order valence-electron chi connectivity index (χ4n) is 1.19. The van der Waals surface area contributed by atoms with E-state index in [4.69, 9.17) is 9.31 Å². The van der Waals surface area contributed by atoms with Crippen LogP contribution in [0.15, 0.2) is 18.2 Å². The van der Waals surface area contributed by atoms with Crippen LogP contribution in [0.2, 0.25) is 6.82 Å². The van der Waals surface area contributed by atoms with Gasteiger partial charge in [0.1, 0.15) is 11.5 Å². The van der Waals surface area contributed by atoms with Gasteiger partial charge in [0.25, 0.3) is 0 Å². The van der Waals surface area contributed by atoms with E-state index in [9.17, 15) is 0 Å². The van der Waals surface area contributed by atoms with Gasteiger partial charge in [0, 0.05) is 0 Å². The van der Waals surface area contributed by atoms with Crippen LogP contribution in [0.5, 0.6) is 11.5 Å². The van der Waals surface area contributed by atoms with Gasteiger partial charge in [0.2, 0.25) is 0 Å². The summed E-state index contributed by atoms with van der Waals surface area (Å²) in [6, 6.07) is 5.94. The zero-order valence-electron chi connectivity index (χ0n) is 6.63. The van der Waals surface area contributed by atoms with Gasteiger partial charge in [-0.3, -0.25) is 0 Å². The Hall–Kier alpha value is -1.12. The maximum absolute atomic E-state index is 5.37. The molecule has 1 aliphatic heterocycles. The highest BCUT2D eigenvalue weighted by atomic mass is 16.6. The van der Waals surface area contributed by atoms with Gasteiger partial charge in [0.05, 0.1) is 0 Å². The van der Waals surface area contributed by atoms with Gasteiger partial charge in [-0.15, -0.1) is 0 Å². The average molecular weight is 148 g/mol. The number of hydrogen-bond donors (Lipinski definition) is 0. The summed E-state index contributed by atoms with van der Waals surface area (Å²) in [6.07, 6.45) is 0. The molecule has 0 atom stereocenters. The van der Waals surface area contributed by atoms with E-state index in [1.54, 1.807) is 0 Å². The smallest absolute Gasteiger partial charge is 0.523 e. The standard InChI is InChI=1S/C8H9BO2/c1-6-3-4-7-8(5-6)11-9(2)10-7/h3-5H,1-2H3. The van der Waals surface area contributed by atoms with Crippen LogP contribution in [0, 0.1) is 6.92 Å². The molecule has 0 amide bonds. The lowest BCUT2D eigenvalue weighted by Gasteiger charge is -1.96. The second kappa shape index (κ2) is 2.19. The van der Waals surface area contributed by atoms with Crippen LogP contribution >= 0.6 is 0 Å². The van der Waals surface area contributed by atoms with Crippen molar-refractivity contribution in [1.29, 1.82) is 0 Å². The van der Waals surface area contributed by atoms with Crippen molar-refractivity contribution in [2.45, 2.75) is 13.7 Å². The molecular formula is C8H9BO2. The maximum Gasteiger partial charge on any atom is 0.591 e. The molecule has 2 rings (SSSR count). The van der Waals surface area contributed by atoms with Crippen molar-refractivity contribution >= 4 is 7.12 Å². The van der Waals surface area contributed by atoms with E-state index in [0.29, 0.717) is 0 Å². The van der Waals surface area contributed by atoms with Crippen molar-refractivity contribution in [3.63, 3.8) is 0 Å². The predicted molar refractivity (Wildman–Crippen MR) is 44.1 cm³/mol. The predicted octanol–water partition coefficient (Wildman–Crippen LogP) is 1.88. The highest BCUT2D eigenvalue weighted by Crippen LogP contribution is 2.33. The van der Waals surface area contributed by atoms with Gasteiger partial charge >= 0.3 is 7.12 Å². The van der Waals surface area contributed by atoms with Gasteiger partial charge in [-0.1, -0.05) is 6.07 Å². The molecule has 1 aromatic carbocycles. The molecule has 0 fully saturated rings. The molecule has 0 bridgehead atoms. The minimum absolute atomic E-state index is 0.133. The Bertz CT molecular complexity index is 285. The Kier molecular flexibility index (Phi) is 1.31. The number of hydrogen-bond acceptors (Lipinski definition) is 2. The second-order valence-corrected chi connectivity index (χ2v) is 2.75. The maximum atomic E-state index is 5.37. The molecule has 3 heteroatoms. The summed E-state index contributed by atoms with van der Waals surface area (Å²) in [5, 5.41) is 0. The molecule has 1 aliphatic rings. The highest BCUT2D eigenvalue weighted by molar-refractivity contribution is 6.45. The summed E-state index contributed by atoms with van der Waals surface area (Å²) in [4.78, 5) is 0. The molecule has 0 aromatic heterocycles. The van der Waals surface area contributed by atoms with Crippen molar-refractivity contribution in [3.05, 3.63) is 23.8 Å². The molecule has 2 nitrogen and oxygen atoms in total. The normalized spacial score (nSPS) is 13.8. The summed E-state index contributed by atoms with van der Waals surface area (Å²) in [5.41, 5.74) is 1.20. The van der Waals surface area contributed by atoms with Crippen molar-refractivity contribution in [3.8, 4) is 11.5 Å². The molecule has 0 unspecified atom stereocenters. The van der Waals surface area contributed by atoms with E-state index in [-0.39, 0.29) is 7.12 Å². The molecule has 0 saturated heterocycles. The van der Waals surface area contributed by atoms with Crippen molar-refractivity contribution in [2.75, 3.05) is 0 Å². The van der Waals surface area contributed by atoms with Crippen LogP contribution in [0.4, 0.5) is 0 Å². The third kappa shape index (κ3) is 1.07. The Morgan fingerprint density at radius 2 is 1.91 bits per heavy atom. The SMILES string of the molecule is CB1Oc2ccc(C)cc2O1. The quantitative estimate of drug-likeness (QED) is 0.523. The molecule has 0 N–H and O–H groups in total. The van der Waals surface area contributed by atoms with Crippen LogP contribution in [0.3, 0.4) is 0 Å². The lowest BCUT2D eigenvalue weighted by atomic mass is 9.97. The molecule has 56 valence electrons. The summed E-state index contributed by atoms with van der Waals surface area (Å²) in [5.74, 6) is 1.71. The molecule has 1 heterocycles. The topological polar surface area (TPSA) is 18.5 Å². The third-order valence-electron chi connectivity index (χ3n) is 1.69. The van der Waals surface area contributed by atoms with E-state index in [0.717, 1.165) is 11.5 Å². The number of rotatable bonds is 0. The van der Waals surface area contributed by atoms with Crippen molar-refractivity contribution < 1.29 is 9.31 Å². The number of aryl methyl sites for hydroxylation is 1. The van der Waals surface area contributed by atoms with Gasteiger partial charge in [-0.05, 0) is 31.4 Å². The van der Waals surface area contributed by atoms with Crippen LogP contribution < -0.4 is 9.31 Å². The molecule has 0 spiro atoms. The fourth-order valence-corrected chi connectivity index (χ4v) is 1.19. The summed E-state index contributed by atoms with van der Waals surface area (Å²) in [6.45, 7) is 3.92. The van der Waals surface area contributed by atoms with E-state index in [2.05, 4.69) is 0 Å². The molecule has 0 radical (unpaired) electrons. The first-order valence-electron chi connectivity index (χ1n) is 3.70. The number of fused-ring (bicyclic) bond motifs is 1. The third-order valence-corrected chi connectivity index (χ3v) is 1.69. The van der Waals surface area contributed by atoms with Gasteiger partial charge in [-0.25, -0.2) is 0 Å². The van der Waals surface area contributed by atoms with Gasteiger partial charge in [0.15, 0.2) is 0 Å². The Morgan fingerprint density at radius 1 is 1.18 bits per heavy atom. The lowest BCUT2D eigenvalue weighted by molar-refractivity contribution is 0.509. The minimum Gasteiger partial charge on any atom is -0.523 e. The molecule has 1 aromatic rings. The van der Waals surface area contributed by atoms with E-state index in [1.807, 2.05) is 31.9 Å². The van der Waals surface area contributed by atoms with Crippen LogP contribution in [-0.4, -0.2) is 7.12 Å². The second-order valence-electron chi connectivity index (χ2n) is 2.75. The highest BCUT2D eigenvalue weighted by Gasteiger charge is 2.25. The molecule has 11 heavy (non-hydrogen) atoms. The fraction of sp³-hybridized carbons (Fsp3) is 0.250. The molecular weight excluding hydrogens is 139 g/mol. The largest absolute Gasteiger partial charge is 0.591 e.